The lowest BCUT2D eigenvalue weighted by Crippen LogP contribution is -2.12. The fraction of sp³-hybridized carbons (Fsp3) is 0.500. The van der Waals surface area contributed by atoms with Crippen molar-refractivity contribution in [1.29, 1.82) is 0 Å². The zero-order valence-corrected chi connectivity index (χ0v) is 7.89. The van der Waals surface area contributed by atoms with Gasteiger partial charge in [-0.3, -0.25) is 0 Å². The Kier molecular flexibility index (Phi) is 1.55. The van der Waals surface area contributed by atoms with Crippen molar-refractivity contribution in [2.75, 3.05) is 0 Å². The predicted octanol–water partition coefficient (Wildman–Crippen LogP) is 0.817. The molecule has 0 saturated heterocycles. The molecule has 2 aromatic heterocycles. The van der Waals surface area contributed by atoms with Crippen LogP contribution in [0.25, 0.3) is 5.65 Å². The van der Waals surface area contributed by atoms with Crippen LogP contribution in [-0.4, -0.2) is 25.0 Å². The summed E-state index contributed by atoms with van der Waals surface area (Å²) in [4.78, 5) is 0. The van der Waals surface area contributed by atoms with Crippen LogP contribution < -0.4 is 0 Å². The maximum absolute atomic E-state index is 4.08. The predicted molar refractivity (Wildman–Crippen MR) is 47.3 cm³/mol. The summed E-state index contributed by atoms with van der Waals surface area (Å²) in [7, 11) is 0. The first kappa shape index (κ1) is 8.10. The lowest BCUT2D eigenvalue weighted by molar-refractivity contribution is 0.569. The minimum atomic E-state index is -0.0439. The van der Waals surface area contributed by atoms with E-state index in [2.05, 4.69) is 41.3 Å². The first-order chi connectivity index (χ1) is 6.09. The Bertz CT molecular complexity index is 425. The van der Waals surface area contributed by atoms with Crippen LogP contribution in [0.1, 0.15) is 26.5 Å². The van der Waals surface area contributed by atoms with Crippen molar-refractivity contribution in [3.05, 3.63) is 18.1 Å². The summed E-state index contributed by atoms with van der Waals surface area (Å²) in [5, 5.41) is 15.8. The first-order valence-corrected chi connectivity index (χ1v) is 4.12. The zero-order valence-electron chi connectivity index (χ0n) is 7.89. The van der Waals surface area contributed by atoms with Crippen molar-refractivity contribution in [2.45, 2.75) is 26.2 Å². The minimum Gasteiger partial charge on any atom is -0.199 e. The molecule has 2 heterocycles. The number of hydrogen-bond acceptors (Lipinski definition) is 4. The molecule has 0 saturated carbocycles. The topological polar surface area (TPSA) is 56.0 Å². The van der Waals surface area contributed by atoms with E-state index in [0.717, 1.165) is 11.3 Å². The van der Waals surface area contributed by atoms with E-state index in [0.29, 0.717) is 0 Å². The summed E-state index contributed by atoms with van der Waals surface area (Å²) in [6.07, 6.45) is 3.33. The molecule has 0 radical (unpaired) electrons. The minimum absolute atomic E-state index is 0.0439. The third-order valence-corrected chi connectivity index (χ3v) is 1.81. The highest BCUT2D eigenvalue weighted by Gasteiger charge is 2.21. The molecular weight excluding hydrogens is 166 g/mol. The summed E-state index contributed by atoms with van der Waals surface area (Å²) in [5.74, 6) is 0. The third-order valence-electron chi connectivity index (χ3n) is 1.81. The number of nitrogens with zero attached hydrogens (tertiary/aromatic N) is 5. The fourth-order valence-electron chi connectivity index (χ4n) is 1.15. The molecule has 0 aliphatic heterocycles. The van der Waals surface area contributed by atoms with E-state index in [4.69, 9.17) is 0 Å². The van der Waals surface area contributed by atoms with Crippen LogP contribution in [0.5, 0.6) is 0 Å². The smallest absolute Gasteiger partial charge is 0.199 e. The molecule has 0 atom stereocenters. The number of hydrogen-bond donors (Lipinski definition) is 0. The molecule has 0 N–H and O–H groups in total. The van der Waals surface area contributed by atoms with Crippen molar-refractivity contribution in [3.8, 4) is 0 Å². The van der Waals surface area contributed by atoms with Gasteiger partial charge < -0.3 is 0 Å². The summed E-state index contributed by atoms with van der Waals surface area (Å²) < 4.78 is 1.63. The van der Waals surface area contributed by atoms with E-state index >= 15 is 0 Å². The summed E-state index contributed by atoms with van der Waals surface area (Å²) in [5.41, 5.74) is 1.56. The van der Waals surface area contributed by atoms with Gasteiger partial charge in [0.05, 0.1) is 12.4 Å². The van der Waals surface area contributed by atoms with Crippen LogP contribution in [0.2, 0.25) is 0 Å². The van der Waals surface area contributed by atoms with Crippen molar-refractivity contribution < 1.29 is 0 Å². The van der Waals surface area contributed by atoms with E-state index in [1.54, 1.807) is 16.9 Å². The van der Waals surface area contributed by atoms with Crippen LogP contribution >= 0.6 is 0 Å². The van der Waals surface area contributed by atoms with Gasteiger partial charge in [-0.2, -0.15) is 9.61 Å². The Hall–Kier alpha value is -1.52. The van der Waals surface area contributed by atoms with Gasteiger partial charge in [0, 0.05) is 5.41 Å². The standard InChI is InChI=1S/C8H11N5/c1-8(2,3)6-7-11-9-4-5-13(7)12-10-6/h4-5H,1-3H3. The lowest BCUT2D eigenvalue weighted by Gasteiger charge is -2.13. The normalized spacial score (nSPS) is 12.2. The van der Waals surface area contributed by atoms with E-state index < -0.39 is 0 Å². The molecule has 0 amide bonds. The van der Waals surface area contributed by atoms with Crippen molar-refractivity contribution in [1.82, 2.24) is 25.0 Å². The molecular formula is C8H11N5. The molecule has 0 bridgehead atoms. The van der Waals surface area contributed by atoms with Crippen molar-refractivity contribution in [3.63, 3.8) is 0 Å². The molecule has 2 rings (SSSR count). The molecule has 68 valence electrons. The second kappa shape index (κ2) is 2.48. The second-order valence-electron chi connectivity index (χ2n) is 3.97. The summed E-state index contributed by atoms with van der Waals surface area (Å²) in [6.45, 7) is 6.23. The molecule has 0 aromatic carbocycles. The van der Waals surface area contributed by atoms with Crippen LogP contribution in [0, 0.1) is 0 Å². The van der Waals surface area contributed by atoms with Crippen LogP contribution in [0.4, 0.5) is 0 Å². The van der Waals surface area contributed by atoms with E-state index in [1.807, 2.05) is 0 Å². The molecule has 0 aliphatic rings. The number of aromatic nitrogens is 5. The zero-order chi connectivity index (χ0) is 9.47. The monoisotopic (exact) mass is 177 g/mol. The first-order valence-electron chi connectivity index (χ1n) is 4.12. The van der Waals surface area contributed by atoms with Gasteiger partial charge in [-0.05, 0) is 0 Å². The average molecular weight is 177 g/mol. The summed E-state index contributed by atoms with van der Waals surface area (Å²) in [6, 6.07) is 0. The molecule has 5 heteroatoms. The maximum atomic E-state index is 4.08. The van der Waals surface area contributed by atoms with Crippen molar-refractivity contribution in [2.24, 2.45) is 0 Å². The van der Waals surface area contributed by atoms with Gasteiger partial charge in [-0.15, -0.1) is 10.2 Å². The maximum Gasteiger partial charge on any atom is 0.201 e. The fourth-order valence-corrected chi connectivity index (χ4v) is 1.15. The van der Waals surface area contributed by atoms with Crippen LogP contribution in [0.15, 0.2) is 12.4 Å². The van der Waals surface area contributed by atoms with Gasteiger partial charge in [-0.1, -0.05) is 26.0 Å². The highest BCUT2D eigenvalue weighted by molar-refractivity contribution is 5.44. The molecule has 0 aliphatic carbocycles. The van der Waals surface area contributed by atoms with Crippen molar-refractivity contribution >= 4 is 5.65 Å². The van der Waals surface area contributed by atoms with E-state index in [-0.39, 0.29) is 5.41 Å². The van der Waals surface area contributed by atoms with Gasteiger partial charge in [0.25, 0.3) is 0 Å². The number of fused-ring (bicyclic) bond motifs is 1. The van der Waals surface area contributed by atoms with Gasteiger partial charge in [0.2, 0.25) is 5.65 Å². The average Bonchev–Trinajstić information content (AvgIpc) is 2.45. The highest BCUT2D eigenvalue weighted by Crippen LogP contribution is 2.21. The Morgan fingerprint density at radius 3 is 2.69 bits per heavy atom. The Morgan fingerprint density at radius 2 is 2.00 bits per heavy atom. The van der Waals surface area contributed by atoms with Gasteiger partial charge in [-0.25, -0.2) is 0 Å². The largest absolute Gasteiger partial charge is 0.201 e. The van der Waals surface area contributed by atoms with Gasteiger partial charge in [0.1, 0.15) is 5.69 Å². The van der Waals surface area contributed by atoms with Crippen LogP contribution in [-0.2, 0) is 5.41 Å². The molecule has 0 fully saturated rings. The second-order valence-corrected chi connectivity index (χ2v) is 3.97. The Morgan fingerprint density at radius 1 is 1.23 bits per heavy atom. The van der Waals surface area contributed by atoms with Crippen LogP contribution in [0.3, 0.4) is 0 Å². The lowest BCUT2D eigenvalue weighted by atomic mass is 9.93. The highest BCUT2D eigenvalue weighted by atomic mass is 15.4. The molecule has 0 spiro atoms. The Labute approximate surface area is 75.8 Å². The van der Waals surface area contributed by atoms with Gasteiger partial charge in [0.15, 0.2) is 0 Å². The molecule has 0 unspecified atom stereocenters. The van der Waals surface area contributed by atoms with E-state index in [1.165, 1.54) is 0 Å². The SMILES string of the molecule is CC(C)(C)c1nnn2ccnnc12. The summed E-state index contributed by atoms with van der Waals surface area (Å²) >= 11 is 0. The molecule has 13 heavy (non-hydrogen) atoms. The quantitative estimate of drug-likeness (QED) is 0.597. The van der Waals surface area contributed by atoms with Gasteiger partial charge >= 0.3 is 0 Å². The van der Waals surface area contributed by atoms with E-state index in [9.17, 15) is 0 Å². The Balaban J connectivity index is 2.72. The third kappa shape index (κ3) is 1.26. The molecule has 5 nitrogen and oxygen atoms in total. The molecule has 2 aromatic rings. The number of rotatable bonds is 0.